The second kappa shape index (κ2) is 7.42. The molecule has 2 saturated heterocycles. The molecule has 28 heavy (non-hydrogen) atoms. The Labute approximate surface area is 168 Å². The molecule has 7 nitrogen and oxygen atoms in total. The lowest BCUT2D eigenvalue weighted by molar-refractivity contribution is -0.195. The minimum absolute atomic E-state index is 0.204. The first-order chi connectivity index (χ1) is 13.4. The molecule has 2 aliphatic rings. The van der Waals surface area contributed by atoms with Crippen LogP contribution in [-0.4, -0.2) is 57.9 Å². The number of aryl methyl sites for hydroxylation is 1. The highest BCUT2D eigenvalue weighted by atomic mass is 32.1. The topological polar surface area (TPSA) is 87.6 Å². The largest absolute Gasteiger partial charge is 0.388 e. The zero-order chi connectivity index (χ0) is 19.8. The molecule has 2 aromatic rings. The Morgan fingerprint density at radius 2 is 2.14 bits per heavy atom. The number of aromatic nitrogens is 2. The van der Waals surface area contributed by atoms with Gasteiger partial charge in [-0.1, -0.05) is 0 Å². The monoisotopic (exact) mass is 402 g/mol. The minimum atomic E-state index is -0.784. The molecule has 2 N–H and O–H groups in total. The first kappa shape index (κ1) is 19.3. The molecule has 150 valence electrons. The van der Waals surface area contributed by atoms with Gasteiger partial charge in [0.25, 0.3) is 5.91 Å². The predicted octanol–water partition coefficient (Wildman–Crippen LogP) is 2.16. The quantitative estimate of drug-likeness (QED) is 0.818. The van der Waals surface area contributed by atoms with Crippen molar-refractivity contribution in [1.29, 1.82) is 0 Å². The van der Waals surface area contributed by atoms with Gasteiger partial charge in [-0.3, -0.25) is 9.78 Å². The highest BCUT2D eigenvalue weighted by Gasteiger charge is 2.54. The molecule has 0 aromatic carbocycles. The van der Waals surface area contributed by atoms with Crippen LogP contribution in [0.1, 0.15) is 42.1 Å². The summed E-state index contributed by atoms with van der Waals surface area (Å²) in [6.45, 7) is 5.86. The van der Waals surface area contributed by atoms with Gasteiger partial charge >= 0.3 is 0 Å². The maximum Gasteiger partial charge on any atom is 0.253 e. The summed E-state index contributed by atoms with van der Waals surface area (Å²) in [7, 11) is 0. The van der Waals surface area contributed by atoms with Crippen LogP contribution in [-0.2, 0) is 4.74 Å². The van der Waals surface area contributed by atoms with Gasteiger partial charge in [-0.2, -0.15) is 0 Å². The van der Waals surface area contributed by atoms with E-state index >= 15 is 0 Å². The van der Waals surface area contributed by atoms with Crippen molar-refractivity contribution in [2.45, 2.75) is 50.4 Å². The van der Waals surface area contributed by atoms with Crippen molar-refractivity contribution in [3.05, 3.63) is 41.2 Å². The second-order valence-corrected chi connectivity index (χ2v) is 8.80. The van der Waals surface area contributed by atoms with E-state index in [1.54, 1.807) is 23.7 Å². The Balaban J connectivity index is 1.49. The number of amides is 1. The lowest BCUT2D eigenvalue weighted by atomic mass is 9.73. The summed E-state index contributed by atoms with van der Waals surface area (Å²) >= 11 is 1.62. The van der Waals surface area contributed by atoms with Crippen molar-refractivity contribution in [1.82, 2.24) is 15.3 Å². The number of aliphatic hydroxyl groups excluding tert-OH is 1. The van der Waals surface area contributed by atoms with Crippen LogP contribution in [0.2, 0.25) is 0 Å². The molecule has 1 spiro atoms. The van der Waals surface area contributed by atoms with E-state index in [0.29, 0.717) is 31.4 Å². The standard InChI is InChI=1S/C20H26N4O3S/c1-14-3-7-21-13-15(14)16(25)23-19(2)6-11-27-20(17(19)26)4-9-24(10-5-20)18-22-8-12-28-18/h3,7-8,12-13,17,26H,4-6,9-11H2,1-2H3,(H,23,25)/t17-,19+/m0/s1. The average molecular weight is 403 g/mol. The number of anilines is 1. The van der Waals surface area contributed by atoms with Crippen LogP contribution in [0.4, 0.5) is 5.13 Å². The van der Waals surface area contributed by atoms with E-state index < -0.39 is 17.2 Å². The molecular weight excluding hydrogens is 376 g/mol. The third-order valence-corrected chi connectivity index (χ3v) is 6.93. The van der Waals surface area contributed by atoms with Crippen molar-refractivity contribution >= 4 is 22.4 Å². The zero-order valence-electron chi connectivity index (χ0n) is 16.2. The Kier molecular flexibility index (Phi) is 5.11. The normalized spacial score (nSPS) is 27.0. The number of thiazole rings is 1. The maximum absolute atomic E-state index is 12.8. The molecule has 1 amide bonds. The van der Waals surface area contributed by atoms with E-state index in [0.717, 1.165) is 23.8 Å². The van der Waals surface area contributed by atoms with Gasteiger partial charge in [-0.15, -0.1) is 11.3 Å². The van der Waals surface area contributed by atoms with Gasteiger partial charge in [0.15, 0.2) is 5.13 Å². The molecule has 2 atom stereocenters. The molecule has 2 aliphatic heterocycles. The van der Waals surface area contributed by atoms with Crippen LogP contribution >= 0.6 is 11.3 Å². The van der Waals surface area contributed by atoms with Crippen LogP contribution in [0, 0.1) is 6.92 Å². The zero-order valence-corrected chi connectivity index (χ0v) is 17.0. The van der Waals surface area contributed by atoms with E-state index in [1.807, 2.05) is 31.5 Å². The number of nitrogens with zero attached hydrogens (tertiary/aromatic N) is 3. The van der Waals surface area contributed by atoms with E-state index in [1.165, 1.54) is 0 Å². The number of ether oxygens (including phenoxy) is 1. The predicted molar refractivity (Wildman–Crippen MR) is 108 cm³/mol. The second-order valence-electron chi connectivity index (χ2n) is 7.93. The van der Waals surface area contributed by atoms with Crippen molar-refractivity contribution < 1.29 is 14.6 Å². The summed E-state index contributed by atoms with van der Waals surface area (Å²) in [6.07, 6.45) is 6.23. The molecule has 0 radical (unpaired) electrons. The van der Waals surface area contributed by atoms with E-state index in [2.05, 4.69) is 20.2 Å². The molecule has 2 aromatic heterocycles. The molecule has 8 heteroatoms. The number of aliphatic hydroxyl groups is 1. The third-order valence-electron chi connectivity index (χ3n) is 6.10. The van der Waals surface area contributed by atoms with Crippen LogP contribution in [0.15, 0.2) is 30.0 Å². The van der Waals surface area contributed by atoms with Crippen molar-refractivity contribution in [2.75, 3.05) is 24.6 Å². The van der Waals surface area contributed by atoms with Crippen molar-refractivity contribution in [2.24, 2.45) is 0 Å². The van der Waals surface area contributed by atoms with E-state index in [-0.39, 0.29) is 5.91 Å². The number of nitrogens with one attached hydrogen (secondary N) is 1. The summed E-state index contributed by atoms with van der Waals surface area (Å²) in [4.78, 5) is 23.5. The van der Waals surface area contributed by atoms with Gasteiger partial charge < -0.3 is 20.1 Å². The number of hydrogen-bond acceptors (Lipinski definition) is 7. The fraction of sp³-hybridized carbons (Fsp3) is 0.550. The summed E-state index contributed by atoms with van der Waals surface area (Å²) in [5.74, 6) is -0.204. The molecular formula is C20H26N4O3S. The molecule has 0 aliphatic carbocycles. The fourth-order valence-electron chi connectivity index (χ4n) is 4.29. The smallest absolute Gasteiger partial charge is 0.253 e. The van der Waals surface area contributed by atoms with Gasteiger partial charge in [0.2, 0.25) is 0 Å². The van der Waals surface area contributed by atoms with Crippen LogP contribution in [0.25, 0.3) is 0 Å². The number of rotatable bonds is 3. The van der Waals surface area contributed by atoms with Gasteiger partial charge in [0, 0.05) is 43.7 Å². The van der Waals surface area contributed by atoms with E-state index in [9.17, 15) is 9.90 Å². The third kappa shape index (κ3) is 3.40. The minimum Gasteiger partial charge on any atom is -0.388 e. The Morgan fingerprint density at radius 3 is 2.82 bits per heavy atom. The van der Waals surface area contributed by atoms with Gasteiger partial charge in [-0.25, -0.2) is 4.98 Å². The van der Waals surface area contributed by atoms with E-state index in [4.69, 9.17) is 4.74 Å². The maximum atomic E-state index is 12.8. The number of pyridine rings is 1. The molecule has 2 fully saturated rings. The molecule has 0 bridgehead atoms. The highest BCUT2D eigenvalue weighted by Crippen LogP contribution is 2.41. The fourth-order valence-corrected chi connectivity index (χ4v) is 4.98. The first-order valence-electron chi connectivity index (χ1n) is 9.63. The molecule has 0 saturated carbocycles. The van der Waals surface area contributed by atoms with Crippen LogP contribution in [0.5, 0.6) is 0 Å². The Morgan fingerprint density at radius 1 is 1.36 bits per heavy atom. The van der Waals surface area contributed by atoms with Crippen LogP contribution < -0.4 is 10.2 Å². The number of hydrogen-bond donors (Lipinski definition) is 2. The summed E-state index contributed by atoms with van der Waals surface area (Å²) < 4.78 is 6.13. The first-order valence-corrected chi connectivity index (χ1v) is 10.5. The molecule has 4 rings (SSSR count). The lowest BCUT2D eigenvalue weighted by Gasteiger charge is -2.53. The van der Waals surface area contributed by atoms with Gasteiger partial charge in [-0.05, 0) is 44.7 Å². The summed E-state index contributed by atoms with van der Waals surface area (Å²) in [6, 6.07) is 1.81. The average Bonchev–Trinajstić information content (AvgIpc) is 3.22. The molecule has 0 unspecified atom stereocenters. The highest BCUT2D eigenvalue weighted by molar-refractivity contribution is 7.13. The number of carbonyl (C=O) groups is 1. The van der Waals surface area contributed by atoms with Gasteiger partial charge in [0.05, 0.1) is 16.7 Å². The van der Waals surface area contributed by atoms with Gasteiger partial charge in [0.1, 0.15) is 6.10 Å². The van der Waals surface area contributed by atoms with Crippen LogP contribution in [0.3, 0.4) is 0 Å². The van der Waals surface area contributed by atoms with Crippen molar-refractivity contribution in [3.63, 3.8) is 0 Å². The Bertz CT molecular complexity index is 836. The summed E-state index contributed by atoms with van der Waals surface area (Å²) in [5, 5.41) is 17.4. The SMILES string of the molecule is Cc1ccncc1C(=O)N[C@]1(C)CCOC2(CCN(c3nccs3)CC2)[C@H]1O. The lowest BCUT2D eigenvalue weighted by Crippen LogP contribution is -2.69. The van der Waals surface area contributed by atoms with Crippen molar-refractivity contribution in [3.8, 4) is 0 Å². The number of carbonyl (C=O) groups excluding carboxylic acids is 1. The summed E-state index contributed by atoms with van der Waals surface area (Å²) in [5.41, 5.74) is 0.0121. The Hall–Kier alpha value is -2.03. The molecule has 4 heterocycles. The number of piperidine rings is 1.